The Balaban J connectivity index is 3.33. The van der Waals surface area contributed by atoms with Gasteiger partial charge in [-0.2, -0.15) is 5.26 Å². The normalized spacial score (nSPS) is 9.07. The van der Waals surface area contributed by atoms with E-state index in [1.807, 2.05) is 0 Å². The second-order valence-electron chi connectivity index (χ2n) is 2.82. The highest BCUT2D eigenvalue weighted by Crippen LogP contribution is 2.19. The van der Waals surface area contributed by atoms with Crippen LogP contribution in [-0.2, 0) is 6.42 Å². The zero-order valence-electron chi connectivity index (χ0n) is 7.83. The van der Waals surface area contributed by atoms with Crippen molar-refractivity contribution in [3.05, 3.63) is 42.2 Å². The Labute approximate surface area is 85.0 Å². The summed E-state index contributed by atoms with van der Waals surface area (Å²) in [6.45, 7) is 7.33. The summed E-state index contributed by atoms with van der Waals surface area (Å²) < 4.78 is 0. The van der Waals surface area contributed by atoms with Crippen molar-refractivity contribution in [2.45, 2.75) is 6.42 Å². The highest BCUT2D eigenvalue weighted by Gasteiger charge is 2.05. The molecule has 1 heterocycles. The van der Waals surface area contributed by atoms with Crippen molar-refractivity contribution in [3.8, 4) is 6.07 Å². The summed E-state index contributed by atoms with van der Waals surface area (Å²) in [4.78, 5) is 3.99. The molecule has 0 spiro atoms. The number of hydrogen-bond acceptors (Lipinski definition) is 2. The van der Waals surface area contributed by atoms with Crippen molar-refractivity contribution < 1.29 is 0 Å². The summed E-state index contributed by atoms with van der Waals surface area (Å²) in [5, 5.41) is 8.60. The van der Waals surface area contributed by atoms with Gasteiger partial charge in [-0.15, -0.1) is 6.58 Å². The van der Waals surface area contributed by atoms with E-state index in [9.17, 15) is 0 Å². The molecular weight excluding hydrogens is 171 g/mol. The van der Waals surface area contributed by atoms with Gasteiger partial charge in [0.1, 0.15) is 7.85 Å². The number of aromatic nitrogens is 1. The van der Waals surface area contributed by atoms with E-state index < -0.39 is 0 Å². The molecule has 0 N–H and O–H groups in total. The molecule has 0 unspecified atom stereocenters. The van der Waals surface area contributed by atoms with Gasteiger partial charge in [0, 0.05) is 12.4 Å². The topological polar surface area (TPSA) is 36.7 Å². The van der Waals surface area contributed by atoms with Gasteiger partial charge in [-0.3, -0.25) is 4.98 Å². The first-order valence-electron chi connectivity index (χ1n) is 4.11. The molecule has 0 aromatic carbocycles. The number of rotatable bonds is 3. The Bertz CT molecular complexity index is 416. The van der Waals surface area contributed by atoms with Gasteiger partial charge < -0.3 is 0 Å². The lowest BCUT2D eigenvalue weighted by Crippen LogP contribution is -1.96. The van der Waals surface area contributed by atoms with Gasteiger partial charge in [-0.05, 0) is 16.7 Å². The lowest BCUT2D eigenvalue weighted by atomic mass is 9.86. The Morgan fingerprint density at radius 1 is 1.64 bits per heavy atom. The largest absolute Gasteiger partial charge is 0.264 e. The second-order valence-corrected chi connectivity index (χ2v) is 2.82. The molecule has 66 valence electrons. The molecule has 0 aliphatic carbocycles. The summed E-state index contributed by atoms with van der Waals surface area (Å²) in [5.41, 5.74) is 2.85. The SMILES string of the molecule is [B]C(=C)c1cncc(CC#N)c1C=C. The molecule has 0 aliphatic heterocycles. The Morgan fingerprint density at radius 2 is 2.36 bits per heavy atom. The average Bonchev–Trinajstić information content (AvgIpc) is 2.18. The van der Waals surface area contributed by atoms with E-state index in [-0.39, 0.29) is 0 Å². The fourth-order valence-electron chi connectivity index (χ4n) is 1.24. The van der Waals surface area contributed by atoms with E-state index >= 15 is 0 Å². The lowest BCUT2D eigenvalue weighted by molar-refractivity contribution is 1.17. The molecule has 0 amide bonds. The van der Waals surface area contributed by atoms with Crippen LogP contribution in [0.2, 0.25) is 0 Å². The van der Waals surface area contributed by atoms with Crippen LogP contribution >= 0.6 is 0 Å². The van der Waals surface area contributed by atoms with Crippen molar-refractivity contribution in [3.63, 3.8) is 0 Å². The van der Waals surface area contributed by atoms with Crippen LogP contribution in [0.15, 0.2) is 25.6 Å². The van der Waals surface area contributed by atoms with Gasteiger partial charge in [-0.25, -0.2) is 0 Å². The lowest BCUT2D eigenvalue weighted by Gasteiger charge is -2.08. The van der Waals surface area contributed by atoms with Crippen LogP contribution in [0.4, 0.5) is 0 Å². The zero-order chi connectivity index (χ0) is 10.6. The quantitative estimate of drug-likeness (QED) is 0.666. The van der Waals surface area contributed by atoms with E-state index in [4.69, 9.17) is 13.1 Å². The minimum absolute atomic E-state index is 0.301. The molecule has 1 rings (SSSR count). The Kier molecular flexibility index (Phi) is 3.25. The maximum atomic E-state index is 8.60. The first kappa shape index (κ1) is 10.3. The fourth-order valence-corrected chi connectivity index (χ4v) is 1.24. The molecular formula is C11H9BN2. The second kappa shape index (κ2) is 4.43. The van der Waals surface area contributed by atoms with Crippen molar-refractivity contribution in [2.24, 2.45) is 0 Å². The van der Waals surface area contributed by atoms with Gasteiger partial charge in [0.2, 0.25) is 0 Å². The summed E-state index contributed by atoms with van der Waals surface area (Å²) >= 11 is 0. The van der Waals surface area contributed by atoms with E-state index in [1.54, 1.807) is 18.5 Å². The van der Waals surface area contributed by atoms with E-state index in [0.717, 1.165) is 16.7 Å². The predicted molar refractivity (Wildman–Crippen MR) is 58.4 cm³/mol. The molecule has 0 atom stereocenters. The molecule has 2 nitrogen and oxygen atoms in total. The molecule has 3 heteroatoms. The third-order valence-electron chi connectivity index (χ3n) is 1.89. The molecule has 0 aliphatic rings. The molecule has 1 aromatic heterocycles. The van der Waals surface area contributed by atoms with E-state index in [0.29, 0.717) is 11.9 Å². The van der Waals surface area contributed by atoms with Crippen LogP contribution in [-0.4, -0.2) is 12.8 Å². The number of hydrogen-bond donors (Lipinski definition) is 0. The Morgan fingerprint density at radius 3 is 2.86 bits per heavy atom. The van der Waals surface area contributed by atoms with Gasteiger partial charge >= 0.3 is 0 Å². The fraction of sp³-hybridized carbons (Fsp3) is 0.0909. The van der Waals surface area contributed by atoms with Crippen molar-refractivity contribution >= 4 is 19.4 Å². The van der Waals surface area contributed by atoms with Crippen LogP contribution < -0.4 is 0 Å². The van der Waals surface area contributed by atoms with Gasteiger partial charge in [-0.1, -0.05) is 18.1 Å². The van der Waals surface area contributed by atoms with Gasteiger partial charge in [0.25, 0.3) is 0 Å². The van der Waals surface area contributed by atoms with Gasteiger partial charge in [0.05, 0.1) is 12.5 Å². The maximum absolute atomic E-state index is 8.60. The molecule has 0 saturated heterocycles. The summed E-state index contributed by atoms with van der Waals surface area (Å²) in [6.07, 6.45) is 5.24. The highest BCUT2D eigenvalue weighted by atomic mass is 14.6. The summed E-state index contributed by atoms with van der Waals surface area (Å²) in [6, 6.07) is 2.07. The van der Waals surface area contributed by atoms with Crippen molar-refractivity contribution in [2.75, 3.05) is 0 Å². The van der Waals surface area contributed by atoms with Crippen molar-refractivity contribution in [1.82, 2.24) is 4.98 Å². The summed E-state index contributed by atoms with van der Waals surface area (Å²) in [5.74, 6) is 0. The number of nitriles is 1. The van der Waals surface area contributed by atoms with E-state index in [1.165, 1.54) is 0 Å². The van der Waals surface area contributed by atoms with Crippen LogP contribution in [0.1, 0.15) is 16.7 Å². The smallest absolute Gasteiger partial charge is 0.113 e. The number of pyridine rings is 1. The Hall–Kier alpha value is -1.82. The van der Waals surface area contributed by atoms with Gasteiger partial charge in [0.15, 0.2) is 0 Å². The first-order valence-corrected chi connectivity index (χ1v) is 4.11. The molecule has 1 aromatic rings. The predicted octanol–water partition coefficient (Wildman–Crippen LogP) is 1.93. The molecule has 0 saturated carbocycles. The standard InChI is InChI=1S/C11H9BN2/c1-3-10-9(4-5-13)6-14-7-11(10)8(2)12/h3,6-7H,1-2,4H2. The van der Waals surface area contributed by atoms with Crippen LogP contribution in [0.3, 0.4) is 0 Å². The molecule has 14 heavy (non-hydrogen) atoms. The monoisotopic (exact) mass is 180 g/mol. The van der Waals surface area contributed by atoms with Crippen LogP contribution in [0, 0.1) is 11.3 Å². The highest BCUT2D eigenvalue weighted by molar-refractivity contribution is 6.42. The van der Waals surface area contributed by atoms with E-state index in [2.05, 4.69) is 24.2 Å². The molecule has 0 bridgehead atoms. The third-order valence-corrected chi connectivity index (χ3v) is 1.89. The minimum Gasteiger partial charge on any atom is -0.264 e. The third kappa shape index (κ3) is 1.91. The van der Waals surface area contributed by atoms with Crippen molar-refractivity contribution in [1.29, 1.82) is 5.26 Å². The number of nitrogens with zero attached hydrogens (tertiary/aromatic N) is 2. The van der Waals surface area contributed by atoms with Crippen LogP contribution in [0.25, 0.3) is 11.5 Å². The van der Waals surface area contributed by atoms with Crippen LogP contribution in [0.5, 0.6) is 0 Å². The average molecular weight is 180 g/mol. The summed E-state index contributed by atoms with van der Waals surface area (Å²) in [7, 11) is 5.59. The minimum atomic E-state index is 0.301. The molecule has 0 fully saturated rings. The zero-order valence-corrected chi connectivity index (χ0v) is 7.83. The maximum Gasteiger partial charge on any atom is 0.113 e. The molecule has 2 radical (unpaired) electrons. The first-order chi connectivity index (χ1) is 6.70.